The average Bonchev–Trinajstić information content (AvgIpc) is 2.86. The molecule has 1 aromatic carbocycles. The van der Waals surface area contributed by atoms with E-state index in [-0.39, 0.29) is 36.4 Å². The van der Waals surface area contributed by atoms with Crippen molar-refractivity contribution in [3.63, 3.8) is 0 Å². The Morgan fingerprint density at radius 3 is 2.60 bits per heavy atom. The number of halogens is 1. The van der Waals surface area contributed by atoms with Gasteiger partial charge in [0.15, 0.2) is 0 Å². The third-order valence-corrected chi connectivity index (χ3v) is 7.10. The molecule has 0 bridgehead atoms. The number of benzene rings is 1. The lowest BCUT2D eigenvalue weighted by Crippen LogP contribution is -2.50. The van der Waals surface area contributed by atoms with Crippen LogP contribution in [0, 0.1) is 17.7 Å². The second kappa shape index (κ2) is 11.5. The van der Waals surface area contributed by atoms with Gasteiger partial charge in [-0.3, -0.25) is 4.79 Å². The summed E-state index contributed by atoms with van der Waals surface area (Å²) in [4.78, 5) is 22.1. The largest absolute Gasteiger partial charge is 0.472 e. The van der Waals surface area contributed by atoms with Crippen LogP contribution in [0.2, 0.25) is 0 Å². The van der Waals surface area contributed by atoms with Crippen molar-refractivity contribution in [2.45, 2.75) is 38.8 Å². The highest BCUT2D eigenvalue weighted by Gasteiger charge is 2.34. The zero-order valence-electron chi connectivity index (χ0n) is 20.8. The van der Waals surface area contributed by atoms with Gasteiger partial charge < -0.3 is 24.4 Å². The van der Waals surface area contributed by atoms with Crippen molar-refractivity contribution in [1.82, 2.24) is 14.8 Å². The highest BCUT2D eigenvalue weighted by Crippen LogP contribution is 2.30. The smallest absolute Gasteiger partial charge is 0.259 e. The fraction of sp³-hybridized carbons (Fsp3) is 0.556. The second-order valence-corrected chi connectivity index (χ2v) is 9.98. The number of carbonyl (C=O) groups is 1. The van der Waals surface area contributed by atoms with Gasteiger partial charge >= 0.3 is 0 Å². The maximum atomic E-state index is 13.6. The number of nitrogens with zero attached hydrogens (tertiary/aromatic N) is 3. The molecule has 1 amide bonds. The van der Waals surface area contributed by atoms with Crippen LogP contribution in [0.25, 0.3) is 11.1 Å². The molecule has 1 fully saturated rings. The maximum absolute atomic E-state index is 13.6. The summed E-state index contributed by atoms with van der Waals surface area (Å²) in [7, 11) is 2.11. The molecule has 1 saturated heterocycles. The molecule has 2 aromatic rings. The number of fused-ring (bicyclic) bond motifs is 1. The molecule has 1 N–H and O–H groups in total. The Balaban J connectivity index is 1.62. The number of aliphatic hydroxyl groups is 1. The first kappa shape index (κ1) is 25.5. The summed E-state index contributed by atoms with van der Waals surface area (Å²) in [5.74, 6) is 0.397. The van der Waals surface area contributed by atoms with Gasteiger partial charge in [-0.05, 0) is 56.5 Å². The van der Waals surface area contributed by atoms with Crippen molar-refractivity contribution < 1.29 is 23.8 Å². The first-order valence-corrected chi connectivity index (χ1v) is 12.5. The molecule has 8 heteroatoms. The van der Waals surface area contributed by atoms with Crippen LogP contribution >= 0.6 is 0 Å². The molecular weight excluding hydrogens is 449 g/mol. The van der Waals surface area contributed by atoms with Crippen molar-refractivity contribution in [3.05, 3.63) is 47.9 Å². The lowest BCUT2D eigenvalue weighted by Gasteiger charge is -2.38. The highest BCUT2D eigenvalue weighted by molar-refractivity contribution is 5.98. The molecule has 0 saturated carbocycles. The van der Waals surface area contributed by atoms with Gasteiger partial charge in [0, 0.05) is 50.5 Å². The Morgan fingerprint density at radius 1 is 1.20 bits per heavy atom. The Kier molecular flexibility index (Phi) is 8.36. The van der Waals surface area contributed by atoms with E-state index in [1.54, 1.807) is 29.3 Å². The minimum Gasteiger partial charge on any atom is -0.472 e. The van der Waals surface area contributed by atoms with E-state index in [0.29, 0.717) is 36.0 Å². The van der Waals surface area contributed by atoms with Crippen LogP contribution in [0.15, 0.2) is 36.5 Å². The number of hydrogen-bond acceptors (Lipinski definition) is 6. The highest BCUT2D eigenvalue weighted by atomic mass is 19.1. The van der Waals surface area contributed by atoms with E-state index in [4.69, 9.17) is 9.47 Å². The van der Waals surface area contributed by atoms with Crippen LogP contribution in [-0.4, -0.2) is 84.4 Å². The van der Waals surface area contributed by atoms with Gasteiger partial charge in [-0.2, -0.15) is 0 Å². The molecule has 0 aliphatic carbocycles. The zero-order chi connectivity index (χ0) is 24.9. The van der Waals surface area contributed by atoms with E-state index in [2.05, 4.69) is 23.9 Å². The Bertz CT molecular complexity index is 996. The second-order valence-electron chi connectivity index (χ2n) is 9.98. The number of ether oxygens (including phenoxy) is 2. The van der Waals surface area contributed by atoms with Gasteiger partial charge in [0.2, 0.25) is 5.88 Å². The number of likely N-dealkylation sites (N-methyl/N-ethyl adjacent to an activating group) is 1. The lowest BCUT2D eigenvalue weighted by molar-refractivity contribution is 0.0254. The first-order valence-electron chi connectivity index (χ1n) is 12.5. The first-order chi connectivity index (χ1) is 16.9. The molecule has 35 heavy (non-hydrogen) atoms. The molecule has 0 radical (unpaired) electrons. The summed E-state index contributed by atoms with van der Waals surface area (Å²) in [6.45, 7) is 7.57. The predicted molar refractivity (Wildman–Crippen MR) is 132 cm³/mol. The predicted octanol–water partition coefficient (Wildman–Crippen LogP) is 3.47. The molecule has 1 aromatic heterocycles. The van der Waals surface area contributed by atoms with Crippen LogP contribution in [0.5, 0.6) is 5.88 Å². The monoisotopic (exact) mass is 485 g/mol. The number of hydrogen-bond donors (Lipinski definition) is 1. The summed E-state index contributed by atoms with van der Waals surface area (Å²) in [5, 5.41) is 9.86. The number of amides is 1. The molecule has 190 valence electrons. The van der Waals surface area contributed by atoms with Crippen LogP contribution in [0.4, 0.5) is 4.39 Å². The van der Waals surface area contributed by atoms with Gasteiger partial charge in [-0.15, -0.1) is 0 Å². The van der Waals surface area contributed by atoms with Crippen molar-refractivity contribution in [2.75, 3.05) is 46.5 Å². The molecule has 0 unspecified atom stereocenters. The average molecular weight is 486 g/mol. The molecular formula is C27H36FN3O4. The van der Waals surface area contributed by atoms with Crippen LogP contribution in [0.1, 0.15) is 37.0 Å². The van der Waals surface area contributed by atoms with Crippen molar-refractivity contribution in [3.8, 4) is 17.0 Å². The molecule has 7 nitrogen and oxygen atoms in total. The van der Waals surface area contributed by atoms with E-state index in [1.807, 2.05) is 6.92 Å². The van der Waals surface area contributed by atoms with Crippen molar-refractivity contribution in [1.29, 1.82) is 0 Å². The maximum Gasteiger partial charge on any atom is 0.259 e. The standard InChI is InChI=1S/C27H36FN3O4/c1-18-14-31(19(2)17-32)27(33)24-12-22(21-4-6-23(28)7-5-21)13-29-26(24)35-25(18)16-30(3)15-20-8-10-34-11-9-20/h4-7,12-13,18-20,25,32H,8-11,14-17H2,1-3H3/t18-,19-,25+/m1/s1. The number of aromatic nitrogens is 1. The minimum atomic E-state index is -0.342. The van der Waals surface area contributed by atoms with E-state index >= 15 is 0 Å². The van der Waals surface area contributed by atoms with E-state index < -0.39 is 0 Å². The van der Waals surface area contributed by atoms with Crippen LogP contribution < -0.4 is 4.74 Å². The van der Waals surface area contributed by atoms with Gasteiger partial charge in [0.25, 0.3) is 5.91 Å². The van der Waals surface area contributed by atoms with E-state index in [0.717, 1.165) is 38.2 Å². The SMILES string of the molecule is C[C@@H]1CN([C@H](C)CO)C(=O)c2cc(-c3ccc(F)cc3)cnc2O[C@H]1CN(C)CC1CCOCC1. The number of pyridine rings is 1. The summed E-state index contributed by atoms with van der Waals surface area (Å²) in [6, 6.07) is 7.51. The van der Waals surface area contributed by atoms with Gasteiger partial charge in [-0.1, -0.05) is 19.1 Å². The van der Waals surface area contributed by atoms with Crippen molar-refractivity contribution >= 4 is 5.91 Å². The lowest BCUT2D eigenvalue weighted by atomic mass is 9.97. The van der Waals surface area contributed by atoms with Crippen LogP contribution in [-0.2, 0) is 4.74 Å². The third-order valence-electron chi connectivity index (χ3n) is 7.10. The number of rotatable bonds is 7. The molecule has 2 aliphatic rings. The molecule has 2 aliphatic heterocycles. The Labute approximate surface area is 206 Å². The Morgan fingerprint density at radius 2 is 1.91 bits per heavy atom. The molecule has 3 atom stereocenters. The van der Waals surface area contributed by atoms with E-state index in [1.165, 1.54) is 12.1 Å². The minimum absolute atomic E-state index is 0.0387. The molecule has 3 heterocycles. The zero-order valence-corrected chi connectivity index (χ0v) is 20.8. The summed E-state index contributed by atoms with van der Waals surface area (Å²) < 4.78 is 25.3. The van der Waals surface area contributed by atoms with Gasteiger partial charge in [0.05, 0.1) is 12.6 Å². The normalized spacial score (nSPS) is 22.3. The summed E-state index contributed by atoms with van der Waals surface area (Å²) >= 11 is 0. The fourth-order valence-electron chi connectivity index (χ4n) is 4.87. The summed E-state index contributed by atoms with van der Waals surface area (Å²) in [6.07, 6.45) is 3.62. The van der Waals surface area contributed by atoms with Crippen molar-refractivity contribution in [2.24, 2.45) is 11.8 Å². The van der Waals surface area contributed by atoms with Gasteiger partial charge in [-0.25, -0.2) is 9.37 Å². The number of carbonyl (C=O) groups excluding carboxylic acids is 1. The topological polar surface area (TPSA) is 75.1 Å². The Hall–Kier alpha value is -2.55. The van der Waals surface area contributed by atoms with Gasteiger partial charge in [0.1, 0.15) is 17.5 Å². The number of aliphatic hydroxyl groups excluding tert-OH is 1. The quantitative estimate of drug-likeness (QED) is 0.648. The fourth-order valence-corrected chi connectivity index (χ4v) is 4.87. The molecule has 0 spiro atoms. The van der Waals surface area contributed by atoms with E-state index in [9.17, 15) is 14.3 Å². The molecule has 4 rings (SSSR count). The summed E-state index contributed by atoms with van der Waals surface area (Å²) in [5.41, 5.74) is 1.83. The third kappa shape index (κ3) is 6.18. The van der Waals surface area contributed by atoms with Crippen LogP contribution in [0.3, 0.4) is 0 Å².